The number of nitrogens with one attached hydrogen (secondary N) is 1. The highest BCUT2D eigenvalue weighted by Gasteiger charge is 2.16. The summed E-state index contributed by atoms with van der Waals surface area (Å²) >= 11 is 0. The second kappa shape index (κ2) is 6.80. The van der Waals surface area contributed by atoms with E-state index in [4.69, 9.17) is 9.47 Å². The molecule has 0 saturated heterocycles. The molecule has 0 aliphatic carbocycles. The lowest BCUT2D eigenvalue weighted by molar-refractivity contribution is -0.605. The van der Waals surface area contributed by atoms with Crippen LogP contribution in [0.4, 0.5) is 0 Å². The maximum absolute atomic E-state index is 12.2. The summed E-state index contributed by atoms with van der Waals surface area (Å²) in [7, 11) is 3.15. The zero-order chi connectivity index (χ0) is 16.1. The van der Waals surface area contributed by atoms with E-state index in [1.54, 1.807) is 26.4 Å². The molecule has 1 amide bonds. The lowest BCUT2D eigenvalue weighted by Gasteiger charge is -2.18. The molecule has 0 spiro atoms. The van der Waals surface area contributed by atoms with Gasteiger partial charge in [0.1, 0.15) is 11.5 Å². The summed E-state index contributed by atoms with van der Waals surface area (Å²) in [6, 6.07) is 8.06. The predicted molar refractivity (Wildman–Crippen MR) is 80.8 cm³/mol. The van der Waals surface area contributed by atoms with Gasteiger partial charge in [-0.3, -0.25) is 4.79 Å². The van der Waals surface area contributed by atoms with Gasteiger partial charge in [-0.15, -0.1) is 0 Å². The Balaban J connectivity index is 2.19. The van der Waals surface area contributed by atoms with Crippen molar-refractivity contribution in [2.24, 2.45) is 0 Å². The number of hydrogen-bond donors (Lipinski definition) is 1. The molecule has 0 bridgehead atoms. The highest BCUT2D eigenvalue weighted by Crippen LogP contribution is 2.29. The van der Waals surface area contributed by atoms with E-state index >= 15 is 0 Å². The quantitative estimate of drug-likeness (QED) is 0.675. The van der Waals surface area contributed by atoms with Gasteiger partial charge in [0, 0.05) is 17.7 Å². The second-order valence-corrected chi connectivity index (χ2v) is 4.75. The number of amides is 1. The minimum atomic E-state index is -0.280. The summed E-state index contributed by atoms with van der Waals surface area (Å²) in [4.78, 5) is 12.2. The minimum absolute atomic E-state index is 0.266. The second-order valence-electron chi connectivity index (χ2n) is 4.75. The SMILES string of the molecule is COc1ccc(OC)c(C(C)NC(=O)c2cc[n+]([O-])cc2)c1. The fraction of sp³-hybridized carbons (Fsp3) is 0.250. The number of aromatic nitrogens is 1. The Kier molecular flexibility index (Phi) is 4.83. The van der Waals surface area contributed by atoms with E-state index in [-0.39, 0.29) is 11.9 Å². The van der Waals surface area contributed by atoms with Gasteiger partial charge < -0.3 is 20.0 Å². The summed E-state index contributed by atoms with van der Waals surface area (Å²) in [6.45, 7) is 1.85. The van der Waals surface area contributed by atoms with Crippen LogP contribution in [0.1, 0.15) is 28.9 Å². The third kappa shape index (κ3) is 3.46. The van der Waals surface area contributed by atoms with Gasteiger partial charge in [0.25, 0.3) is 5.91 Å². The number of hydrogen-bond acceptors (Lipinski definition) is 4. The van der Waals surface area contributed by atoms with E-state index in [1.165, 1.54) is 24.5 Å². The molecule has 1 heterocycles. The van der Waals surface area contributed by atoms with Crippen LogP contribution in [0, 0.1) is 5.21 Å². The maximum atomic E-state index is 12.2. The molecule has 0 fully saturated rings. The maximum Gasteiger partial charge on any atom is 0.252 e. The van der Waals surface area contributed by atoms with Crippen LogP contribution in [-0.2, 0) is 0 Å². The first-order valence-corrected chi connectivity index (χ1v) is 6.76. The molecule has 0 radical (unpaired) electrons. The summed E-state index contributed by atoms with van der Waals surface area (Å²) < 4.78 is 11.1. The van der Waals surface area contributed by atoms with E-state index in [0.717, 1.165) is 5.56 Å². The Morgan fingerprint density at radius 3 is 2.45 bits per heavy atom. The number of methoxy groups -OCH3 is 2. The van der Waals surface area contributed by atoms with Crippen molar-refractivity contribution in [1.82, 2.24) is 5.32 Å². The first kappa shape index (κ1) is 15.6. The van der Waals surface area contributed by atoms with Crippen LogP contribution in [0.5, 0.6) is 11.5 Å². The molecular formula is C16H18N2O4. The lowest BCUT2D eigenvalue weighted by Crippen LogP contribution is -2.29. The van der Waals surface area contributed by atoms with Gasteiger partial charge in [0.15, 0.2) is 12.4 Å². The Hall–Kier alpha value is -2.76. The molecule has 2 aromatic rings. The van der Waals surface area contributed by atoms with Crippen LogP contribution in [0.15, 0.2) is 42.7 Å². The molecule has 116 valence electrons. The van der Waals surface area contributed by atoms with Crippen molar-refractivity contribution in [3.05, 3.63) is 59.1 Å². The Bertz CT molecular complexity index is 656. The van der Waals surface area contributed by atoms with Crippen molar-refractivity contribution < 1.29 is 19.0 Å². The number of ether oxygens (including phenoxy) is 2. The van der Waals surface area contributed by atoms with Gasteiger partial charge in [0.2, 0.25) is 0 Å². The number of nitrogens with zero attached hydrogens (tertiary/aromatic N) is 1. The number of benzene rings is 1. The minimum Gasteiger partial charge on any atom is -0.619 e. The average Bonchev–Trinajstić information content (AvgIpc) is 2.54. The summed E-state index contributed by atoms with van der Waals surface area (Å²) in [6.07, 6.45) is 2.57. The molecule has 2 rings (SSSR count). The van der Waals surface area contributed by atoms with Gasteiger partial charge in [0.05, 0.1) is 25.8 Å². The van der Waals surface area contributed by atoms with E-state index in [1.807, 2.05) is 13.0 Å². The monoisotopic (exact) mass is 302 g/mol. The van der Waals surface area contributed by atoms with Crippen molar-refractivity contribution >= 4 is 5.91 Å². The first-order chi connectivity index (χ1) is 10.5. The van der Waals surface area contributed by atoms with Crippen LogP contribution < -0.4 is 19.5 Å². The Labute approximate surface area is 128 Å². The average molecular weight is 302 g/mol. The van der Waals surface area contributed by atoms with Crippen molar-refractivity contribution in [3.8, 4) is 11.5 Å². The van der Waals surface area contributed by atoms with Crippen molar-refractivity contribution in [1.29, 1.82) is 0 Å². The third-order valence-corrected chi connectivity index (χ3v) is 3.32. The molecule has 1 unspecified atom stereocenters. The molecule has 22 heavy (non-hydrogen) atoms. The number of pyridine rings is 1. The van der Waals surface area contributed by atoms with Crippen molar-refractivity contribution in [2.75, 3.05) is 14.2 Å². The fourth-order valence-electron chi connectivity index (χ4n) is 2.10. The van der Waals surface area contributed by atoms with Crippen LogP contribution in [0.3, 0.4) is 0 Å². The van der Waals surface area contributed by atoms with E-state index in [9.17, 15) is 10.0 Å². The van der Waals surface area contributed by atoms with Crippen LogP contribution in [0.25, 0.3) is 0 Å². The predicted octanol–water partition coefficient (Wildman–Crippen LogP) is 1.83. The van der Waals surface area contributed by atoms with Gasteiger partial charge in [-0.05, 0) is 25.1 Å². The van der Waals surface area contributed by atoms with Gasteiger partial charge >= 0.3 is 0 Å². The molecule has 0 aliphatic rings. The summed E-state index contributed by atoms with van der Waals surface area (Å²) in [5.41, 5.74) is 1.23. The molecular weight excluding hydrogens is 284 g/mol. The number of carbonyl (C=O) groups is 1. The smallest absolute Gasteiger partial charge is 0.252 e. The van der Waals surface area contributed by atoms with Gasteiger partial charge in [-0.25, -0.2) is 0 Å². The zero-order valence-electron chi connectivity index (χ0n) is 12.7. The highest BCUT2D eigenvalue weighted by molar-refractivity contribution is 5.94. The summed E-state index contributed by atoms with van der Waals surface area (Å²) in [5.74, 6) is 1.08. The molecule has 0 aliphatic heterocycles. The van der Waals surface area contributed by atoms with Gasteiger partial charge in [-0.2, -0.15) is 4.73 Å². The Morgan fingerprint density at radius 1 is 1.18 bits per heavy atom. The van der Waals surface area contributed by atoms with Crippen LogP contribution in [-0.4, -0.2) is 20.1 Å². The standard InChI is InChI=1S/C16H18N2O4/c1-11(14-10-13(21-2)4-5-15(14)22-3)17-16(19)12-6-8-18(20)9-7-12/h4-11H,1-3H3,(H,17,19). The highest BCUT2D eigenvalue weighted by atomic mass is 16.5. The van der Waals surface area contributed by atoms with E-state index < -0.39 is 0 Å². The largest absolute Gasteiger partial charge is 0.619 e. The van der Waals surface area contributed by atoms with Crippen molar-refractivity contribution in [3.63, 3.8) is 0 Å². The molecule has 1 aromatic heterocycles. The number of carbonyl (C=O) groups excluding carboxylic acids is 1. The van der Waals surface area contributed by atoms with E-state index in [0.29, 0.717) is 21.8 Å². The topological polar surface area (TPSA) is 74.5 Å². The van der Waals surface area contributed by atoms with Gasteiger partial charge in [-0.1, -0.05) is 0 Å². The summed E-state index contributed by atoms with van der Waals surface area (Å²) in [5, 5.41) is 13.9. The van der Waals surface area contributed by atoms with Crippen LogP contribution in [0.2, 0.25) is 0 Å². The molecule has 1 N–H and O–H groups in total. The normalized spacial score (nSPS) is 11.6. The molecule has 6 heteroatoms. The first-order valence-electron chi connectivity index (χ1n) is 6.76. The third-order valence-electron chi connectivity index (χ3n) is 3.32. The molecule has 1 atom stereocenters. The fourth-order valence-corrected chi connectivity index (χ4v) is 2.10. The molecule has 1 aromatic carbocycles. The Morgan fingerprint density at radius 2 is 1.86 bits per heavy atom. The molecule has 0 saturated carbocycles. The zero-order valence-corrected chi connectivity index (χ0v) is 12.7. The molecule has 6 nitrogen and oxygen atoms in total. The lowest BCUT2D eigenvalue weighted by atomic mass is 10.1. The number of rotatable bonds is 5. The van der Waals surface area contributed by atoms with Crippen LogP contribution >= 0.6 is 0 Å². The van der Waals surface area contributed by atoms with Crippen molar-refractivity contribution in [2.45, 2.75) is 13.0 Å². The van der Waals surface area contributed by atoms with E-state index in [2.05, 4.69) is 5.32 Å².